The molecule has 0 bridgehead atoms. The fourth-order valence-corrected chi connectivity index (χ4v) is 4.21. The quantitative estimate of drug-likeness (QED) is 0.792. The summed E-state index contributed by atoms with van der Waals surface area (Å²) in [4.78, 5) is 1.43. The van der Waals surface area contributed by atoms with Crippen LogP contribution in [0.1, 0.15) is 57.4 Å². The highest BCUT2D eigenvalue weighted by atomic mass is 32.2. The summed E-state index contributed by atoms with van der Waals surface area (Å²) in [5, 5.41) is 4.26. The van der Waals surface area contributed by atoms with Crippen LogP contribution in [0.25, 0.3) is 0 Å². The summed E-state index contributed by atoms with van der Waals surface area (Å²) in [5.41, 5.74) is 1.44. The summed E-state index contributed by atoms with van der Waals surface area (Å²) in [6.45, 7) is 4.51. The van der Waals surface area contributed by atoms with Gasteiger partial charge in [-0.3, -0.25) is 0 Å². The molecule has 2 heteroatoms. The highest BCUT2D eigenvalue weighted by molar-refractivity contribution is 8.00. The van der Waals surface area contributed by atoms with Gasteiger partial charge in [0.2, 0.25) is 0 Å². The Labute approximate surface area is 122 Å². The molecule has 1 N–H and O–H groups in total. The van der Waals surface area contributed by atoms with E-state index in [-0.39, 0.29) is 0 Å². The Hall–Kier alpha value is -0.470. The lowest BCUT2D eigenvalue weighted by Crippen LogP contribution is -2.34. The molecule has 1 aromatic rings. The second kappa shape index (κ2) is 7.35. The van der Waals surface area contributed by atoms with Gasteiger partial charge in [-0.15, -0.1) is 11.8 Å². The maximum absolute atomic E-state index is 3.52. The third-order valence-electron chi connectivity index (χ3n) is 4.16. The van der Waals surface area contributed by atoms with Crippen LogP contribution >= 0.6 is 11.8 Å². The van der Waals surface area contributed by atoms with Crippen molar-refractivity contribution in [2.75, 3.05) is 7.05 Å². The Bertz CT molecular complexity index is 371. The van der Waals surface area contributed by atoms with Gasteiger partial charge < -0.3 is 5.32 Å². The van der Waals surface area contributed by atoms with Crippen molar-refractivity contribution in [1.29, 1.82) is 0 Å². The first-order valence-electron chi connectivity index (χ1n) is 7.64. The van der Waals surface area contributed by atoms with Crippen LogP contribution in [0.3, 0.4) is 0 Å². The first kappa shape index (κ1) is 14.9. The monoisotopic (exact) mass is 277 g/mol. The first-order valence-corrected chi connectivity index (χ1v) is 8.52. The number of nitrogens with one attached hydrogen (secondary N) is 1. The highest BCUT2D eigenvalue weighted by Crippen LogP contribution is 2.33. The molecule has 0 amide bonds. The van der Waals surface area contributed by atoms with Crippen molar-refractivity contribution in [2.45, 2.75) is 68.1 Å². The molecule has 0 aromatic heterocycles. The predicted molar refractivity (Wildman–Crippen MR) is 86.1 cm³/mol. The van der Waals surface area contributed by atoms with E-state index >= 15 is 0 Å². The second-order valence-corrected chi connectivity index (χ2v) is 7.23. The molecule has 2 unspecified atom stereocenters. The fraction of sp³-hybridized carbons (Fsp3) is 0.647. The van der Waals surface area contributed by atoms with Gasteiger partial charge in [-0.1, -0.05) is 45.2 Å². The van der Waals surface area contributed by atoms with Crippen molar-refractivity contribution < 1.29 is 0 Å². The number of rotatable bonds is 4. The lowest BCUT2D eigenvalue weighted by Gasteiger charge is -2.24. The van der Waals surface area contributed by atoms with E-state index in [1.807, 2.05) is 0 Å². The molecular weight excluding hydrogens is 250 g/mol. The first-order chi connectivity index (χ1) is 9.20. The van der Waals surface area contributed by atoms with Gasteiger partial charge in [-0.2, -0.15) is 0 Å². The summed E-state index contributed by atoms with van der Waals surface area (Å²) in [6.07, 6.45) is 6.86. The van der Waals surface area contributed by atoms with Crippen LogP contribution in [0.2, 0.25) is 0 Å². The standard InChI is InChI=1S/C17H27NS/c1-13(2)14-9-11-15(12-10-14)19-17-8-6-4-5-7-16(17)18-3/h9-13,16-18H,4-8H2,1-3H3. The van der Waals surface area contributed by atoms with E-state index in [0.29, 0.717) is 12.0 Å². The molecule has 1 aromatic carbocycles. The van der Waals surface area contributed by atoms with Gasteiger partial charge >= 0.3 is 0 Å². The van der Waals surface area contributed by atoms with Gasteiger partial charge in [0.15, 0.2) is 0 Å². The molecule has 1 saturated carbocycles. The normalized spacial score (nSPS) is 24.4. The van der Waals surface area contributed by atoms with Crippen LogP contribution < -0.4 is 5.32 Å². The van der Waals surface area contributed by atoms with E-state index in [9.17, 15) is 0 Å². The Morgan fingerprint density at radius 1 is 1.05 bits per heavy atom. The summed E-state index contributed by atoms with van der Waals surface area (Å²) >= 11 is 2.07. The van der Waals surface area contributed by atoms with Crippen LogP contribution in [0.4, 0.5) is 0 Å². The van der Waals surface area contributed by atoms with E-state index in [0.717, 1.165) is 5.25 Å². The summed E-state index contributed by atoms with van der Waals surface area (Å²) in [7, 11) is 2.12. The fourth-order valence-electron chi connectivity index (χ4n) is 2.85. The molecule has 0 aliphatic heterocycles. The Balaban J connectivity index is 2.01. The molecule has 0 radical (unpaired) electrons. The zero-order valence-electron chi connectivity index (χ0n) is 12.5. The minimum atomic E-state index is 0.627. The number of thioether (sulfide) groups is 1. The summed E-state index contributed by atoms with van der Waals surface area (Å²) in [6, 6.07) is 9.86. The summed E-state index contributed by atoms with van der Waals surface area (Å²) < 4.78 is 0. The van der Waals surface area contributed by atoms with Gasteiger partial charge in [-0.05, 0) is 43.5 Å². The van der Waals surface area contributed by atoms with Gasteiger partial charge in [0.1, 0.15) is 0 Å². The van der Waals surface area contributed by atoms with Crippen molar-refractivity contribution in [2.24, 2.45) is 0 Å². The van der Waals surface area contributed by atoms with Gasteiger partial charge in [-0.25, -0.2) is 0 Å². The van der Waals surface area contributed by atoms with Crippen LogP contribution in [-0.4, -0.2) is 18.3 Å². The molecule has 19 heavy (non-hydrogen) atoms. The molecular formula is C17H27NS. The van der Waals surface area contributed by atoms with Crippen molar-refractivity contribution in [1.82, 2.24) is 5.32 Å². The maximum atomic E-state index is 3.52. The van der Waals surface area contributed by atoms with Gasteiger partial charge in [0.25, 0.3) is 0 Å². The van der Waals surface area contributed by atoms with E-state index in [1.54, 1.807) is 0 Å². The minimum absolute atomic E-state index is 0.627. The Morgan fingerprint density at radius 3 is 2.37 bits per heavy atom. The molecule has 1 aliphatic rings. The average Bonchev–Trinajstić information content (AvgIpc) is 2.64. The summed E-state index contributed by atoms with van der Waals surface area (Å²) in [5.74, 6) is 0.627. The molecule has 0 spiro atoms. The third kappa shape index (κ3) is 4.25. The van der Waals surface area contributed by atoms with Crippen LogP contribution in [-0.2, 0) is 0 Å². The topological polar surface area (TPSA) is 12.0 Å². The lowest BCUT2D eigenvalue weighted by atomic mass is 10.0. The largest absolute Gasteiger partial charge is 0.316 e. The van der Waals surface area contributed by atoms with Crippen LogP contribution in [0, 0.1) is 0 Å². The zero-order valence-corrected chi connectivity index (χ0v) is 13.3. The van der Waals surface area contributed by atoms with E-state index in [2.05, 4.69) is 62.2 Å². The molecule has 1 nitrogen and oxygen atoms in total. The molecule has 2 rings (SSSR count). The van der Waals surface area contributed by atoms with Gasteiger partial charge in [0, 0.05) is 16.2 Å². The van der Waals surface area contributed by atoms with E-state index in [1.165, 1.54) is 42.6 Å². The van der Waals surface area contributed by atoms with E-state index < -0.39 is 0 Å². The van der Waals surface area contributed by atoms with Crippen molar-refractivity contribution in [3.8, 4) is 0 Å². The van der Waals surface area contributed by atoms with Crippen LogP contribution in [0.5, 0.6) is 0 Å². The smallest absolute Gasteiger partial charge is 0.0248 e. The zero-order chi connectivity index (χ0) is 13.7. The van der Waals surface area contributed by atoms with Crippen molar-refractivity contribution >= 4 is 11.8 Å². The maximum Gasteiger partial charge on any atom is 0.0248 e. The number of hydrogen-bond acceptors (Lipinski definition) is 2. The Morgan fingerprint density at radius 2 is 1.74 bits per heavy atom. The van der Waals surface area contributed by atoms with Crippen molar-refractivity contribution in [3.63, 3.8) is 0 Å². The SMILES string of the molecule is CNC1CCCCCC1Sc1ccc(C(C)C)cc1. The molecule has 0 saturated heterocycles. The lowest BCUT2D eigenvalue weighted by molar-refractivity contribution is 0.510. The molecule has 1 fully saturated rings. The molecule has 106 valence electrons. The molecule has 1 aliphatic carbocycles. The number of benzene rings is 1. The van der Waals surface area contributed by atoms with Crippen molar-refractivity contribution in [3.05, 3.63) is 29.8 Å². The molecule has 2 atom stereocenters. The predicted octanol–water partition coefficient (Wildman–Crippen LogP) is 4.82. The highest BCUT2D eigenvalue weighted by Gasteiger charge is 2.23. The van der Waals surface area contributed by atoms with Crippen LogP contribution in [0.15, 0.2) is 29.2 Å². The average molecular weight is 277 g/mol. The van der Waals surface area contributed by atoms with Gasteiger partial charge in [0.05, 0.1) is 0 Å². The number of hydrogen-bond donors (Lipinski definition) is 1. The molecule has 0 heterocycles. The third-order valence-corrected chi connectivity index (χ3v) is 5.57. The second-order valence-electron chi connectivity index (χ2n) is 5.91. The van der Waals surface area contributed by atoms with E-state index in [4.69, 9.17) is 0 Å². The Kier molecular flexibility index (Phi) is 5.77. The minimum Gasteiger partial charge on any atom is -0.316 e.